The highest BCUT2D eigenvalue weighted by molar-refractivity contribution is 5.90. The Balaban J connectivity index is 2.96. The van der Waals surface area contributed by atoms with Gasteiger partial charge in [-0.2, -0.15) is 0 Å². The van der Waals surface area contributed by atoms with E-state index in [0.717, 1.165) is 18.4 Å². The maximum atomic E-state index is 11.8. The standard InChI is InChI=1S/C16H25NO3/c1-4-14(5-2)17(10-11-18)12-13-8-6-7-9-15(13)16(19)20-3/h6-9,14,18H,4-5,10-12H2,1-3H3. The third kappa shape index (κ3) is 4.32. The van der Waals surface area contributed by atoms with Crippen LogP contribution in [0.1, 0.15) is 42.6 Å². The Kier molecular flexibility index (Phi) is 7.26. The summed E-state index contributed by atoms with van der Waals surface area (Å²) in [5.74, 6) is -0.311. The van der Waals surface area contributed by atoms with Crippen LogP contribution in [-0.2, 0) is 11.3 Å². The summed E-state index contributed by atoms with van der Waals surface area (Å²) in [7, 11) is 1.39. The van der Waals surface area contributed by atoms with Crippen molar-refractivity contribution in [1.29, 1.82) is 0 Å². The van der Waals surface area contributed by atoms with Gasteiger partial charge in [-0.3, -0.25) is 4.90 Å². The second kappa shape index (κ2) is 8.72. The first-order valence-electron chi connectivity index (χ1n) is 7.18. The molecule has 0 unspecified atom stereocenters. The lowest BCUT2D eigenvalue weighted by Crippen LogP contribution is -2.36. The third-order valence-corrected chi connectivity index (χ3v) is 3.64. The average molecular weight is 279 g/mol. The monoisotopic (exact) mass is 279 g/mol. The molecule has 1 rings (SSSR count). The lowest BCUT2D eigenvalue weighted by atomic mass is 10.0. The van der Waals surface area contributed by atoms with E-state index < -0.39 is 0 Å². The van der Waals surface area contributed by atoms with E-state index in [1.165, 1.54) is 7.11 Å². The molecule has 112 valence electrons. The molecule has 0 heterocycles. The van der Waals surface area contributed by atoms with E-state index in [2.05, 4.69) is 18.7 Å². The van der Waals surface area contributed by atoms with Gasteiger partial charge in [-0.15, -0.1) is 0 Å². The van der Waals surface area contributed by atoms with Gasteiger partial charge in [-0.1, -0.05) is 32.0 Å². The molecule has 0 aliphatic carbocycles. The van der Waals surface area contributed by atoms with Crippen molar-refractivity contribution < 1.29 is 14.6 Å². The fourth-order valence-electron chi connectivity index (χ4n) is 2.51. The van der Waals surface area contributed by atoms with Crippen molar-refractivity contribution in [2.45, 2.75) is 39.3 Å². The molecule has 4 heteroatoms. The zero-order chi connectivity index (χ0) is 15.0. The summed E-state index contributed by atoms with van der Waals surface area (Å²) in [5.41, 5.74) is 1.54. The van der Waals surface area contributed by atoms with Crippen molar-refractivity contribution in [3.05, 3.63) is 35.4 Å². The molecule has 0 fully saturated rings. The van der Waals surface area contributed by atoms with Crippen molar-refractivity contribution in [3.8, 4) is 0 Å². The van der Waals surface area contributed by atoms with Crippen LogP contribution in [0.25, 0.3) is 0 Å². The number of esters is 1. The van der Waals surface area contributed by atoms with E-state index >= 15 is 0 Å². The van der Waals surface area contributed by atoms with Crippen LogP contribution in [0.4, 0.5) is 0 Å². The van der Waals surface area contributed by atoms with Crippen LogP contribution in [0.2, 0.25) is 0 Å². The second-order valence-corrected chi connectivity index (χ2v) is 4.81. The minimum atomic E-state index is -0.311. The van der Waals surface area contributed by atoms with Crippen LogP contribution in [0.5, 0.6) is 0 Å². The molecule has 4 nitrogen and oxygen atoms in total. The molecule has 0 spiro atoms. The maximum Gasteiger partial charge on any atom is 0.338 e. The number of ether oxygens (including phenoxy) is 1. The Morgan fingerprint density at radius 1 is 1.30 bits per heavy atom. The van der Waals surface area contributed by atoms with E-state index in [4.69, 9.17) is 4.74 Å². The number of rotatable bonds is 8. The molecule has 0 radical (unpaired) electrons. The molecule has 1 aromatic rings. The quantitative estimate of drug-likeness (QED) is 0.743. The minimum Gasteiger partial charge on any atom is -0.465 e. The maximum absolute atomic E-state index is 11.8. The molecular weight excluding hydrogens is 254 g/mol. The van der Waals surface area contributed by atoms with Crippen molar-refractivity contribution >= 4 is 5.97 Å². The number of aliphatic hydroxyl groups excluding tert-OH is 1. The fraction of sp³-hybridized carbons (Fsp3) is 0.562. The Labute approximate surface area is 121 Å². The Bertz CT molecular complexity index is 416. The van der Waals surface area contributed by atoms with Gasteiger partial charge in [0.2, 0.25) is 0 Å². The molecule has 0 amide bonds. The number of methoxy groups -OCH3 is 1. The van der Waals surface area contributed by atoms with E-state index in [9.17, 15) is 9.90 Å². The van der Waals surface area contributed by atoms with Crippen LogP contribution >= 0.6 is 0 Å². The topological polar surface area (TPSA) is 49.8 Å². The highest BCUT2D eigenvalue weighted by atomic mass is 16.5. The molecular formula is C16H25NO3. The zero-order valence-electron chi connectivity index (χ0n) is 12.6. The first-order chi connectivity index (χ1) is 9.67. The fourth-order valence-corrected chi connectivity index (χ4v) is 2.51. The summed E-state index contributed by atoms with van der Waals surface area (Å²) < 4.78 is 4.82. The Morgan fingerprint density at radius 2 is 1.95 bits per heavy atom. The molecule has 0 aliphatic heterocycles. The number of carbonyl (C=O) groups is 1. The van der Waals surface area contributed by atoms with Gasteiger partial charge in [0.1, 0.15) is 0 Å². The van der Waals surface area contributed by atoms with Gasteiger partial charge in [0.25, 0.3) is 0 Å². The number of hydrogen-bond acceptors (Lipinski definition) is 4. The highest BCUT2D eigenvalue weighted by Crippen LogP contribution is 2.17. The second-order valence-electron chi connectivity index (χ2n) is 4.81. The molecule has 0 aromatic heterocycles. The van der Waals surface area contributed by atoms with Gasteiger partial charge in [0.05, 0.1) is 19.3 Å². The average Bonchev–Trinajstić information content (AvgIpc) is 2.48. The molecule has 0 saturated heterocycles. The molecule has 0 atom stereocenters. The van der Waals surface area contributed by atoms with Gasteiger partial charge in [0.15, 0.2) is 0 Å². The Morgan fingerprint density at radius 3 is 2.50 bits per heavy atom. The zero-order valence-corrected chi connectivity index (χ0v) is 12.6. The molecule has 20 heavy (non-hydrogen) atoms. The van der Waals surface area contributed by atoms with Crippen molar-refractivity contribution in [2.75, 3.05) is 20.3 Å². The van der Waals surface area contributed by atoms with E-state index in [0.29, 0.717) is 24.7 Å². The van der Waals surface area contributed by atoms with Crippen molar-refractivity contribution in [2.24, 2.45) is 0 Å². The van der Waals surface area contributed by atoms with Crippen molar-refractivity contribution in [1.82, 2.24) is 4.90 Å². The SMILES string of the molecule is CCC(CC)N(CCO)Cc1ccccc1C(=O)OC. The first kappa shape index (κ1) is 16.7. The molecule has 1 N–H and O–H groups in total. The van der Waals surface area contributed by atoms with E-state index in [1.807, 2.05) is 18.2 Å². The molecule has 0 saturated carbocycles. The Hall–Kier alpha value is -1.39. The van der Waals surface area contributed by atoms with Crippen LogP contribution in [0.15, 0.2) is 24.3 Å². The number of benzene rings is 1. The predicted molar refractivity (Wildman–Crippen MR) is 79.6 cm³/mol. The lowest BCUT2D eigenvalue weighted by Gasteiger charge is -2.30. The van der Waals surface area contributed by atoms with Gasteiger partial charge in [-0.05, 0) is 24.5 Å². The lowest BCUT2D eigenvalue weighted by molar-refractivity contribution is 0.0596. The summed E-state index contributed by atoms with van der Waals surface area (Å²) >= 11 is 0. The summed E-state index contributed by atoms with van der Waals surface area (Å²) in [4.78, 5) is 14.0. The third-order valence-electron chi connectivity index (χ3n) is 3.64. The van der Waals surface area contributed by atoms with Crippen LogP contribution in [0, 0.1) is 0 Å². The molecule has 0 aliphatic rings. The molecule has 1 aromatic carbocycles. The predicted octanol–water partition coefficient (Wildman–Crippen LogP) is 2.46. The summed E-state index contributed by atoms with van der Waals surface area (Å²) in [6.07, 6.45) is 2.05. The van der Waals surface area contributed by atoms with Gasteiger partial charge in [-0.25, -0.2) is 4.79 Å². The largest absolute Gasteiger partial charge is 0.465 e. The van der Waals surface area contributed by atoms with Crippen LogP contribution in [0.3, 0.4) is 0 Å². The van der Waals surface area contributed by atoms with E-state index in [-0.39, 0.29) is 12.6 Å². The van der Waals surface area contributed by atoms with Crippen molar-refractivity contribution in [3.63, 3.8) is 0 Å². The van der Waals surface area contributed by atoms with Crippen LogP contribution in [-0.4, -0.2) is 42.3 Å². The number of carbonyl (C=O) groups excluding carboxylic acids is 1. The smallest absolute Gasteiger partial charge is 0.338 e. The van der Waals surface area contributed by atoms with Gasteiger partial charge < -0.3 is 9.84 Å². The number of aliphatic hydroxyl groups is 1. The normalized spacial score (nSPS) is 11.1. The van der Waals surface area contributed by atoms with Gasteiger partial charge in [0, 0.05) is 19.1 Å². The van der Waals surface area contributed by atoms with E-state index in [1.54, 1.807) is 6.07 Å². The first-order valence-corrected chi connectivity index (χ1v) is 7.18. The summed E-state index contributed by atoms with van der Waals surface area (Å²) in [6.45, 7) is 5.67. The highest BCUT2D eigenvalue weighted by Gasteiger charge is 2.18. The summed E-state index contributed by atoms with van der Waals surface area (Å²) in [5, 5.41) is 9.25. The van der Waals surface area contributed by atoms with Gasteiger partial charge >= 0.3 is 5.97 Å². The summed E-state index contributed by atoms with van der Waals surface area (Å²) in [6, 6.07) is 7.90. The minimum absolute atomic E-state index is 0.122. The number of nitrogens with zero attached hydrogens (tertiary/aromatic N) is 1. The molecule has 0 bridgehead atoms. The van der Waals surface area contributed by atoms with Crippen LogP contribution < -0.4 is 0 Å². The number of hydrogen-bond donors (Lipinski definition) is 1.